The topological polar surface area (TPSA) is 24.5 Å². The lowest BCUT2D eigenvalue weighted by molar-refractivity contribution is 0.204. The van der Waals surface area contributed by atoms with Gasteiger partial charge in [0, 0.05) is 25.4 Å². The van der Waals surface area contributed by atoms with Crippen LogP contribution in [0.2, 0.25) is 0 Å². The minimum Gasteiger partial charge on any atom is -0.383 e. The van der Waals surface area contributed by atoms with Crippen molar-refractivity contribution in [3.05, 3.63) is 29.8 Å². The number of ether oxygens (including phenoxy) is 1. The minimum atomic E-state index is 0.426. The zero-order valence-corrected chi connectivity index (χ0v) is 11.1. The Bertz CT molecular complexity index is 408. The van der Waals surface area contributed by atoms with E-state index in [0.29, 0.717) is 12.6 Å². The van der Waals surface area contributed by atoms with E-state index in [-0.39, 0.29) is 0 Å². The first-order chi connectivity index (χ1) is 8.24. The smallest absolute Gasteiger partial charge is 0.173 e. The summed E-state index contributed by atoms with van der Waals surface area (Å²) in [6.45, 7) is 3.62. The Morgan fingerprint density at radius 3 is 3.06 bits per heavy atom. The molecule has 1 aromatic carbocycles. The van der Waals surface area contributed by atoms with Crippen molar-refractivity contribution in [2.24, 2.45) is 0 Å². The lowest BCUT2D eigenvalue weighted by Crippen LogP contribution is -2.44. The lowest BCUT2D eigenvalue weighted by Gasteiger charge is -2.26. The second-order valence-corrected chi connectivity index (χ2v) is 4.66. The fourth-order valence-corrected chi connectivity index (χ4v) is 2.60. The van der Waals surface area contributed by atoms with E-state index in [1.165, 1.54) is 11.3 Å². The normalized spacial score (nSPS) is 18.0. The number of anilines is 1. The zero-order chi connectivity index (χ0) is 12.3. The quantitative estimate of drug-likeness (QED) is 0.655. The Kier molecular flexibility index (Phi) is 3.97. The second-order valence-electron chi connectivity index (χ2n) is 4.28. The average Bonchev–Trinajstić information content (AvgIpc) is 2.65. The van der Waals surface area contributed by atoms with Crippen molar-refractivity contribution in [1.29, 1.82) is 0 Å². The Labute approximate surface area is 108 Å². The first-order valence-corrected chi connectivity index (χ1v) is 6.28. The molecule has 0 fully saturated rings. The standard InChI is InChI=1S/C13H18N2OS/c1-10-9-11-5-3-4-6-12(11)15(10)13(17)14-7-8-16-2/h3-6,10H,7-9H2,1-2H3,(H,14,17)/t10-/m1/s1. The van der Waals surface area contributed by atoms with E-state index in [1.807, 2.05) is 0 Å². The zero-order valence-electron chi connectivity index (χ0n) is 10.3. The summed E-state index contributed by atoms with van der Waals surface area (Å²) in [5.41, 5.74) is 2.60. The highest BCUT2D eigenvalue weighted by atomic mass is 32.1. The van der Waals surface area contributed by atoms with Gasteiger partial charge in [0.25, 0.3) is 0 Å². The van der Waals surface area contributed by atoms with Crippen molar-refractivity contribution in [2.45, 2.75) is 19.4 Å². The molecule has 1 heterocycles. The number of para-hydroxylation sites is 1. The van der Waals surface area contributed by atoms with E-state index < -0.39 is 0 Å². The van der Waals surface area contributed by atoms with E-state index >= 15 is 0 Å². The number of nitrogens with zero attached hydrogens (tertiary/aromatic N) is 1. The van der Waals surface area contributed by atoms with Gasteiger partial charge in [0.2, 0.25) is 0 Å². The lowest BCUT2D eigenvalue weighted by atomic mass is 10.1. The fourth-order valence-electron chi connectivity index (χ4n) is 2.22. The van der Waals surface area contributed by atoms with E-state index in [0.717, 1.165) is 18.1 Å². The van der Waals surface area contributed by atoms with E-state index in [4.69, 9.17) is 17.0 Å². The summed E-state index contributed by atoms with van der Waals surface area (Å²) in [4.78, 5) is 2.19. The summed E-state index contributed by atoms with van der Waals surface area (Å²) in [6, 6.07) is 8.86. The van der Waals surface area contributed by atoms with Crippen LogP contribution in [0, 0.1) is 0 Å². The van der Waals surface area contributed by atoms with Gasteiger partial charge in [0.15, 0.2) is 5.11 Å². The molecule has 92 valence electrons. The summed E-state index contributed by atoms with van der Waals surface area (Å²) in [5, 5.41) is 4.02. The van der Waals surface area contributed by atoms with Crippen molar-refractivity contribution in [1.82, 2.24) is 5.32 Å². The molecule has 0 unspecified atom stereocenters. The Morgan fingerprint density at radius 1 is 1.53 bits per heavy atom. The molecule has 0 aromatic heterocycles. The molecule has 1 aliphatic rings. The number of rotatable bonds is 3. The predicted molar refractivity (Wildman–Crippen MR) is 74.6 cm³/mol. The maximum atomic E-state index is 5.44. The van der Waals surface area contributed by atoms with Crippen LogP contribution in [0.1, 0.15) is 12.5 Å². The summed E-state index contributed by atoms with van der Waals surface area (Å²) in [5.74, 6) is 0. The number of fused-ring (bicyclic) bond motifs is 1. The van der Waals surface area contributed by atoms with Crippen LogP contribution >= 0.6 is 12.2 Å². The molecule has 0 spiro atoms. The first kappa shape index (κ1) is 12.3. The number of benzene rings is 1. The second kappa shape index (κ2) is 5.47. The van der Waals surface area contributed by atoms with Gasteiger partial charge in [0.05, 0.1) is 6.61 Å². The molecule has 0 saturated heterocycles. The summed E-state index contributed by atoms with van der Waals surface area (Å²) < 4.78 is 5.01. The molecule has 1 N–H and O–H groups in total. The van der Waals surface area contributed by atoms with Gasteiger partial charge in [-0.3, -0.25) is 0 Å². The molecule has 3 nitrogen and oxygen atoms in total. The van der Waals surface area contributed by atoms with Crippen molar-refractivity contribution in [3.8, 4) is 0 Å². The molecule has 0 amide bonds. The maximum Gasteiger partial charge on any atom is 0.173 e. The van der Waals surface area contributed by atoms with Gasteiger partial charge in [-0.05, 0) is 37.2 Å². The third-order valence-electron chi connectivity index (χ3n) is 3.01. The summed E-state index contributed by atoms with van der Waals surface area (Å²) >= 11 is 5.44. The third kappa shape index (κ3) is 2.58. The van der Waals surface area contributed by atoms with Crippen LogP contribution in [0.4, 0.5) is 5.69 Å². The predicted octanol–water partition coefficient (Wildman–Crippen LogP) is 1.96. The van der Waals surface area contributed by atoms with Gasteiger partial charge in [-0.25, -0.2) is 0 Å². The molecule has 1 aromatic rings. The van der Waals surface area contributed by atoms with Crippen LogP contribution in [0.15, 0.2) is 24.3 Å². The molecule has 1 aliphatic heterocycles. The van der Waals surface area contributed by atoms with Crippen LogP contribution in [0.5, 0.6) is 0 Å². The highest BCUT2D eigenvalue weighted by Crippen LogP contribution is 2.31. The summed E-state index contributed by atoms with van der Waals surface area (Å²) in [6.07, 6.45) is 1.06. The Morgan fingerprint density at radius 2 is 2.29 bits per heavy atom. The Balaban J connectivity index is 2.08. The number of hydrogen-bond donors (Lipinski definition) is 1. The van der Waals surface area contributed by atoms with Crippen molar-refractivity contribution < 1.29 is 4.74 Å². The Hall–Kier alpha value is -1.13. The minimum absolute atomic E-state index is 0.426. The van der Waals surface area contributed by atoms with Gasteiger partial charge < -0.3 is 15.0 Å². The number of methoxy groups -OCH3 is 1. The van der Waals surface area contributed by atoms with Gasteiger partial charge in [0.1, 0.15) is 0 Å². The van der Waals surface area contributed by atoms with Crippen LogP contribution in [0.25, 0.3) is 0 Å². The molecule has 17 heavy (non-hydrogen) atoms. The highest BCUT2D eigenvalue weighted by molar-refractivity contribution is 7.80. The molecule has 4 heteroatoms. The van der Waals surface area contributed by atoms with Crippen molar-refractivity contribution >= 4 is 23.0 Å². The molecular formula is C13H18N2OS. The van der Waals surface area contributed by atoms with Crippen LogP contribution in [-0.2, 0) is 11.2 Å². The first-order valence-electron chi connectivity index (χ1n) is 5.88. The van der Waals surface area contributed by atoms with Gasteiger partial charge >= 0.3 is 0 Å². The van der Waals surface area contributed by atoms with E-state index in [1.54, 1.807) is 7.11 Å². The fraction of sp³-hybridized carbons (Fsp3) is 0.462. The average molecular weight is 250 g/mol. The van der Waals surface area contributed by atoms with Gasteiger partial charge in [-0.1, -0.05) is 18.2 Å². The third-order valence-corrected chi connectivity index (χ3v) is 3.35. The van der Waals surface area contributed by atoms with Crippen LogP contribution in [-0.4, -0.2) is 31.4 Å². The van der Waals surface area contributed by atoms with E-state index in [9.17, 15) is 0 Å². The molecule has 0 radical (unpaired) electrons. The highest BCUT2D eigenvalue weighted by Gasteiger charge is 2.27. The van der Waals surface area contributed by atoms with Crippen molar-refractivity contribution in [2.75, 3.05) is 25.2 Å². The molecular weight excluding hydrogens is 232 g/mol. The monoisotopic (exact) mass is 250 g/mol. The van der Waals surface area contributed by atoms with Crippen LogP contribution < -0.4 is 10.2 Å². The van der Waals surface area contributed by atoms with Gasteiger partial charge in [-0.15, -0.1) is 0 Å². The summed E-state index contributed by atoms with van der Waals surface area (Å²) in [7, 11) is 1.69. The SMILES string of the molecule is COCCNC(=S)N1c2ccccc2C[C@H]1C. The number of hydrogen-bond acceptors (Lipinski definition) is 2. The van der Waals surface area contributed by atoms with Crippen molar-refractivity contribution in [3.63, 3.8) is 0 Å². The number of thiocarbonyl (C=S) groups is 1. The molecule has 2 rings (SSSR count). The van der Waals surface area contributed by atoms with Gasteiger partial charge in [-0.2, -0.15) is 0 Å². The molecule has 0 aliphatic carbocycles. The largest absolute Gasteiger partial charge is 0.383 e. The number of nitrogens with one attached hydrogen (secondary N) is 1. The maximum absolute atomic E-state index is 5.44. The van der Waals surface area contributed by atoms with E-state index in [2.05, 4.69) is 41.4 Å². The molecule has 0 saturated carbocycles. The molecule has 1 atom stereocenters. The van der Waals surface area contributed by atoms with Crippen LogP contribution in [0.3, 0.4) is 0 Å². The molecule has 0 bridgehead atoms.